The van der Waals surface area contributed by atoms with Gasteiger partial charge in [0, 0.05) is 12.7 Å². The maximum Gasteiger partial charge on any atom is 0.342 e. The summed E-state index contributed by atoms with van der Waals surface area (Å²) in [5, 5.41) is 4.15. The Morgan fingerprint density at radius 3 is 2.86 bits per heavy atom. The molecule has 0 saturated heterocycles. The van der Waals surface area contributed by atoms with Crippen LogP contribution in [0.4, 0.5) is 0 Å². The van der Waals surface area contributed by atoms with Gasteiger partial charge >= 0.3 is 5.97 Å². The normalized spacial score (nSPS) is 10.6. The molecule has 0 spiro atoms. The summed E-state index contributed by atoms with van der Waals surface area (Å²) in [6.45, 7) is 4.97. The van der Waals surface area contributed by atoms with E-state index in [0.717, 1.165) is 6.54 Å². The van der Waals surface area contributed by atoms with Gasteiger partial charge in [0.2, 0.25) is 0 Å². The summed E-state index contributed by atoms with van der Waals surface area (Å²) >= 11 is 3.22. The van der Waals surface area contributed by atoms with E-state index in [1.807, 2.05) is 0 Å². The average Bonchev–Trinajstić information content (AvgIpc) is 2.44. The molecule has 1 aromatic heterocycles. The highest BCUT2D eigenvalue weighted by Crippen LogP contribution is 2.15. The number of esters is 1. The van der Waals surface area contributed by atoms with Gasteiger partial charge in [0.05, 0.1) is 7.11 Å². The number of hydrogen-bond donors (Lipinski definition) is 0. The lowest BCUT2D eigenvalue weighted by molar-refractivity contribution is 0.0599. The van der Waals surface area contributed by atoms with E-state index in [1.165, 1.54) is 7.11 Å². The smallest absolute Gasteiger partial charge is 0.342 e. The predicted molar refractivity (Wildman–Crippen MR) is 56.1 cm³/mol. The van der Waals surface area contributed by atoms with Crippen LogP contribution in [0.3, 0.4) is 0 Å². The van der Waals surface area contributed by atoms with Crippen LogP contribution in [0.2, 0.25) is 0 Å². The Balaban J connectivity index is 2.87. The molecule has 0 saturated carbocycles. The minimum absolute atomic E-state index is 0.369. The molecular weight excluding hydrogens is 248 g/mol. The van der Waals surface area contributed by atoms with E-state index in [-0.39, 0.29) is 5.97 Å². The molecule has 0 bridgehead atoms. The zero-order valence-corrected chi connectivity index (χ0v) is 10.0. The molecule has 4 nitrogen and oxygen atoms in total. The number of methoxy groups -OCH3 is 1. The van der Waals surface area contributed by atoms with E-state index in [0.29, 0.717) is 16.1 Å². The molecule has 0 amide bonds. The van der Waals surface area contributed by atoms with Gasteiger partial charge in [0.1, 0.15) is 10.2 Å². The van der Waals surface area contributed by atoms with Crippen molar-refractivity contribution in [3.05, 3.63) is 16.4 Å². The first-order valence-corrected chi connectivity index (χ1v) is 5.15. The summed E-state index contributed by atoms with van der Waals surface area (Å²) in [5.41, 5.74) is 0.466. The van der Waals surface area contributed by atoms with Crippen molar-refractivity contribution in [2.45, 2.75) is 20.4 Å². The van der Waals surface area contributed by atoms with Crippen LogP contribution in [0.15, 0.2) is 10.8 Å². The fourth-order valence-corrected chi connectivity index (χ4v) is 1.58. The molecule has 0 radical (unpaired) electrons. The van der Waals surface area contributed by atoms with Crippen molar-refractivity contribution in [3.63, 3.8) is 0 Å². The summed E-state index contributed by atoms with van der Waals surface area (Å²) in [4.78, 5) is 11.2. The summed E-state index contributed by atoms with van der Waals surface area (Å²) in [5.74, 6) is 0.124. The fraction of sp³-hybridized carbons (Fsp3) is 0.556. The highest BCUT2D eigenvalue weighted by Gasteiger charge is 2.14. The first kappa shape index (κ1) is 11.2. The second-order valence-corrected chi connectivity index (χ2v) is 4.19. The van der Waals surface area contributed by atoms with Gasteiger partial charge in [-0.25, -0.2) is 4.79 Å². The zero-order chi connectivity index (χ0) is 10.7. The molecule has 1 heterocycles. The van der Waals surface area contributed by atoms with Crippen molar-refractivity contribution in [2.75, 3.05) is 7.11 Å². The summed E-state index contributed by atoms with van der Waals surface area (Å²) in [6.07, 6.45) is 1.69. The minimum Gasteiger partial charge on any atom is -0.465 e. The van der Waals surface area contributed by atoms with Gasteiger partial charge in [-0.2, -0.15) is 5.10 Å². The number of hydrogen-bond acceptors (Lipinski definition) is 3. The Morgan fingerprint density at radius 1 is 1.71 bits per heavy atom. The largest absolute Gasteiger partial charge is 0.465 e. The van der Waals surface area contributed by atoms with Crippen LogP contribution in [0.5, 0.6) is 0 Å². The maximum absolute atomic E-state index is 11.2. The number of carbonyl (C=O) groups is 1. The molecule has 14 heavy (non-hydrogen) atoms. The van der Waals surface area contributed by atoms with Gasteiger partial charge in [0.25, 0.3) is 0 Å². The zero-order valence-electron chi connectivity index (χ0n) is 8.45. The van der Waals surface area contributed by atoms with Gasteiger partial charge in [-0.15, -0.1) is 0 Å². The third-order valence-corrected chi connectivity index (χ3v) is 2.26. The van der Waals surface area contributed by atoms with Crippen molar-refractivity contribution in [2.24, 2.45) is 5.92 Å². The number of carbonyl (C=O) groups excluding carboxylic acids is 1. The van der Waals surface area contributed by atoms with Gasteiger partial charge < -0.3 is 4.74 Å². The molecule has 1 rings (SSSR count). The van der Waals surface area contributed by atoms with Gasteiger partial charge in [-0.05, 0) is 21.8 Å². The van der Waals surface area contributed by atoms with Crippen LogP contribution in [-0.4, -0.2) is 22.9 Å². The lowest BCUT2D eigenvalue weighted by atomic mass is 10.2. The van der Waals surface area contributed by atoms with Crippen LogP contribution in [0.25, 0.3) is 0 Å². The van der Waals surface area contributed by atoms with E-state index in [9.17, 15) is 4.79 Å². The molecule has 0 atom stereocenters. The summed E-state index contributed by atoms with van der Waals surface area (Å²) in [6, 6.07) is 0. The molecule has 0 aliphatic carbocycles. The molecule has 0 fully saturated rings. The van der Waals surface area contributed by atoms with Crippen molar-refractivity contribution >= 4 is 21.9 Å². The Kier molecular flexibility index (Phi) is 3.69. The van der Waals surface area contributed by atoms with Crippen molar-refractivity contribution in [1.29, 1.82) is 0 Å². The van der Waals surface area contributed by atoms with Crippen LogP contribution in [0, 0.1) is 5.92 Å². The molecule has 1 aromatic rings. The van der Waals surface area contributed by atoms with Gasteiger partial charge in [0.15, 0.2) is 0 Å². The molecule has 0 N–H and O–H groups in total. The SMILES string of the molecule is COC(=O)c1cn(CC(C)C)nc1Br. The number of rotatable bonds is 3. The van der Waals surface area contributed by atoms with Gasteiger partial charge in [-0.1, -0.05) is 13.8 Å². The molecule has 0 aliphatic rings. The predicted octanol–water partition coefficient (Wildman–Crippen LogP) is 2.09. The highest BCUT2D eigenvalue weighted by atomic mass is 79.9. The number of nitrogens with zero attached hydrogens (tertiary/aromatic N) is 2. The highest BCUT2D eigenvalue weighted by molar-refractivity contribution is 9.10. The lowest BCUT2D eigenvalue weighted by Gasteiger charge is -2.02. The second kappa shape index (κ2) is 4.59. The Morgan fingerprint density at radius 2 is 2.36 bits per heavy atom. The first-order chi connectivity index (χ1) is 6.54. The standard InChI is InChI=1S/C9H13BrN2O2/c1-6(2)4-12-5-7(8(10)11-12)9(13)14-3/h5-6H,4H2,1-3H3. The summed E-state index contributed by atoms with van der Waals surface area (Å²) in [7, 11) is 1.36. The van der Waals surface area contributed by atoms with E-state index < -0.39 is 0 Å². The van der Waals surface area contributed by atoms with Crippen molar-refractivity contribution in [1.82, 2.24) is 9.78 Å². The Labute approximate surface area is 91.4 Å². The molecule has 0 unspecified atom stereocenters. The number of halogens is 1. The van der Waals surface area contributed by atoms with Crippen molar-refractivity contribution < 1.29 is 9.53 Å². The molecule has 78 valence electrons. The third-order valence-electron chi connectivity index (χ3n) is 1.67. The Bertz CT molecular complexity index is 334. The van der Waals surface area contributed by atoms with E-state index >= 15 is 0 Å². The number of aromatic nitrogens is 2. The van der Waals surface area contributed by atoms with Crippen LogP contribution in [-0.2, 0) is 11.3 Å². The van der Waals surface area contributed by atoms with Gasteiger partial charge in [-0.3, -0.25) is 4.68 Å². The maximum atomic E-state index is 11.2. The average molecular weight is 261 g/mol. The van der Waals surface area contributed by atoms with E-state index in [1.54, 1.807) is 10.9 Å². The van der Waals surface area contributed by atoms with E-state index in [2.05, 4.69) is 39.6 Å². The van der Waals surface area contributed by atoms with E-state index in [4.69, 9.17) is 0 Å². The topological polar surface area (TPSA) is 44.1 Å². The third kappa shape index (κ3) is 2.57. The van der Waals surface area contributed by atoms with Crippen LogP contribution in [0.1, 0.15) is 24.2 Å². The van der Waals surface area contributed by atoms with Crippen LogP contribution >= 0.6 is 15.9 Å². The molecule has 0 aliphatic heterocycles. The fourth-order valence-electron chi connectivity index (χ4n) is 1.11. The molecular formula is C9H13BrN2O2. The quantitative estimate of drug-likeness (QED) is 0.782. The summed E-state index contributed by atoms with van der Waals surface area (Å²) < 4.78 is 6.88. The second-order valence-electron chi connectivity index (χ2n) is 3.44. The minimum atomic E-state index is -0.369. The molecule has 5 heteroatoms. The first-order valence-electron chi connectivity index (χ1n) is 4.36. The van der Waals surface area contributed by atoms with Crippen molar-refractivity contribution in [3.8, 4) is 0 Å². The monoisotopic (exact) mass is 260 g/mol. The lowest BCUT2D eigenvalue weighted by Crippen LogP contribution is -2.05. The van der Waals surface area contributed by atoms with Crippen LogP contribution < -0.4 is 0 Å². The Hall–Kier alpha value is -0.840. The number of ether oxygens (including phenoxy) is 1. The molecule has 0 aromatic carbocycles.